The lowest BCUT2D eigenvalue weighted by Gasteiger charge is -2.18. The average molecular weight is 320 g/mol. The summed E-state index contributed by atoms with van der Waals surface area (Å²) in [7, 11) is 0. The number of carbonyl (C=O) groups excluding carboxylic acids is 1. The molecule has 1 fully saturated rings. The quantitative estimate of drug-likeness (QED) is 0.790. The van der Waals surface area contributed by atoms with Crippen molar-refractivity contribution in [1.29, 1.82) is 0 Å². The number of halogens is 1. The van der Waals surface area contributed by atoms with E-state index in [4.69, 9.17) is 0 Å². The molecule has 1 aromatic rings. The van der Waals surface area contributed by atoms with Gasteiger partial charge in [0.1, 0.15) is 0 Å². The maximum absolute atomic E-state index is 12.2. The third-order valence-electron chi connectivity index (χ3n) is 2.58. The number of thioether (sulfide) groups is 1. The van der Waals surface area contributed by atoms with Gasteiger partial charge in [-0.15, -0.1) is 11.3 Å². The number of amides is 1. The van der Waals surface area contributed by atoms with Crippen LogP contribution in [-0.2, 0) is 0 Å². The van der Waals surface area contributed by atoms with E-state index in [-0.39, 0.29) is 5.91 Å². The van der Waals surface area contributed by atoms with Gasteiger partial charge < -0.3 is 4.90 Å². The number of hydrogen-bond acceptors (Lipinski definition) is 3. The number of aryl methyl sites for hydroxylation is 1. The van der Waals surface area contributed by atoms with Gasteiger partial charge in [0.05, 0.1) is 8.66 Å². The predicted octanol–water partition coefficient (Wildman–Crippen LogP) is 3.40. The van der Waals surface area contributed by atoms with Crippen LogP contribution in [0.2, 0.25) is 0 Å². The van der Waals surface area contributed by atoms with Gasteiger partial charge in [-0.25, -0.2) is 0 Å². The van der Waals surface area contributed by atoms with Crippen LogP contribution in [0.1, 0.15) is 21.7 Å². The second-order valence-corrected chi connectivity index (χ2v) is 7.42. The van der Waals surface area contributed by atoms with Crippen LogP contribution in [0.3, 0.4) is 0 Å². The lowest BCUT2D eigenvalue weighted by molar-refractivity contribution is 0.0773. The van der Waals surface area contributed by atoms with Crippen LogP contribution in [0.25, 0.3) is 0 Å². The van der Waals surface area contributed by atoms with Crippen molar-refractivity contribution in [3.05, 3.63) is 20.3 Å². The normalized spacial score (nSPS) is 17.2. The first-order valence-electron chi connectivity index (χ1n) is 5.31. The summed E-state index contributed by atoms with van der Waals surface area (Å²) in [5.74, 6) is 2.44. The summed E-state index contributed by atoms with van der Waals surface area (Å²) in [5.41, 5.74) is 1.15. The number of rotatable bonds is 1. The zero-order valence-electron chi connectivity index (χ0n) is 9.16. The van der Waals surface area contributed by atoms with Crippen molar-refractivity contribution >= 4 is 44.9 Å². The molecule has 0 aromatic carbocycles. The third kappa shape index (κ3) is 2.81. The van der Waals surface area contributed by atoms with Crippen molar-refractivity contribution in [1.82, 2.24) is 4.90 Å². The van der Waals surface area contributed by atoms with Crippen LogP contribution in [0, 0.1) is 6.92 Å². The fourth-order valence-corrected chi connectivity index (χ4v) is 4.06. The van der Waals surface area contributed by atoms with Gasteiger partial charge in [0.15, 0.2) is 0 Å². The minimum Gasteiger partial charge on any atom is -0.337 e. The molecule has 2 rings (SSSR count). The molecule has 0 unspecified atom stereocenters. The van der Waals surface area contributed by atoms with E-state index in [2.05, 4.69) is 15.9 Å². The molecule has 0 atom stereocenters. The van der Waals surface area contributed by atoms with E-state index in [1.807, 2.05) is 29.7 Å². The molecule has 1 aliphatic rings. The van der Waals surface area contributed by atoms with Gasteiger partial charge in [0, 0.05) is 18.8 Å². The van der Waals surface area contributed by atoms with Crippen molar-refractivity contribution in [3.63, 3.8) is 0 Å². The van der Waals surface area contributed by atoms with Crippen molar-refractivity contribution in [3.8, 4) is 0 Å². The Balaban J connectivity index is 2.11. The molecule has 5 heteroatoms. The second kappa shape index (κ2) is 5.56. The van der Waals surface area contributed by atoms with Gasteiger partial charge in [-0.1, -0.05) is 0 Å². The zero-order chi connectivity index (χ0) is 11.5. The topological polar surface area (TPSA) is 20.3 Å². The Morgan fingerprint density at radius 1 is 1.44 bits per heavy atom. The first kappa shape index (κ1) is 12.5. The average Bonchev–Trinajstić information content (AvgIpc) is 2.51. The lowest BCUT2D eigenvalue weighted by atomic mass is 10.3. The summed E-state index contributed by atoms with van der Waals surface area (Å²) in [4.78, 5) is 15.1. The Kier molecular flexibility index (Phi) is 4.33. The van der Waals surface area contributed by atoms with Crippen LogP contribution >= 0.6 is 39.0 Å². The molecule has 16 heavy (non-hydrogen) atoms. The Morgan fingerprint density at radius 3 is 2.94 bits per heavy atom. The largest absolute Gasteiger partial charge is 0.337 e. The fraction of sp³-hybridized carbons (Fsp3) is 0.545. The number of carbonyl (C=O) groups is 1. The number of nitrogens with zero attached hydrogens (tertiary/aromatic N) is 1. The highest BCUT2D eigenvalue weighted by Gasteiger charge is 2.19. The molecule has 1 amide bonds. The summed E-state index contributed by atoms with van der Waals surface area (Å²) < 4.78 is 1.07. The number of thiophene rings is 1. The monoisotopic (exact) mass is 319 g/mol. The highest BCUT2D eigenvalue weighted by Crippen LogP contribution is 2.28. The molecule has 2 heterocycles. The maximum Gasteiger partial charge on any atom is 0.263 e. The smallest absolute Gasteiger partial charge is 0.263 e. The minimum absolute atomic E-state index is 0.196. The van der Waals surface area contributed by atoms with E-state index >= 15 is 0 Å². The first-order chi connectivity index (χ1) is 7.68. The Morgan fingerprint density at radius 2 is 2.25 bits per heavy atom. The molecule has 2 nitrogen and oxygen atoms in total. The Labute approximate surface area is 113 Å². The van der Waals surface area contributed by atoms with Gasteiger partial charge in [0.2, 0.25) is 0 Å². The molecule has 0 aliphatic carbocycles. The highest BCUT2D eigenvalue weighted by molar-refractivity contribution is 9.11. The summed E-state index contributed by atoms with van der Waals surface area (Å²) in [5, 5.41) is 0. The number of hydrogen-bond donors (Lipinski definition) is 0. The van der Waals surface area contributed by atoms with E-state index < -0.39 is 0 Å². The fourth-order valence-electron chi connectivity index (χ4n) is 1.67. The molecule has 0 N–H and O–H groups in total. The molecule has 88 valence electrons. The SMILES string of the molecule is Cc1cc(C(=O)N2CCCSCC2)sc1Br. The Hall–Kier alpha value is 0. The molecule has 0 saturated carbocycles. The molecule has 0 spiro atoms. The van der Waals surface area contributed by atoms with Gasteiger partial charge >= 0.3 is 0 Å². The van der Waals surface area contributed by atoms with Crippen LogP contribution in [-0.4, -0.2) is 35.4 Å². The van der Waals surface area contributed by atoms with Crippen molar-refractivity contribution < 1.29 is 4.79 Å². The van der Waals surface area contributed by atoms with Crippen molar-refractivity contribution in [2.24, 2.45) is 0 Å². The van der Waals surface area contributed by atoms with Crippen LogP contribution < -0.4 is 0 Å². The molecule has 0 radical (unpaired) electrons. The summed E-state index contributed by atoms with van der Waals surface area (Å²) in [6.07, 6.45) is 1.11. The van der Waals surface area contributed by atoms with Crippen LogP contribution in [0.5, 0.6) is 0 Å². The Bertz CT molecular complexity index is 364. The van der Waals surface area contributed by atoms with E-state index in [0.29, 0.717) is 0 Å². The van der Waals surface area contributed by atoms with Crippen LogP contribution in [0.4, 0.5) is 0 Å². The first-order valence-corrected chi connectivity index (χ1v) is 8.08. The third-order valence-corrected chi connectivity index (χ3v) is 5.75. The second-order valence-electron chi connectivity index (χ2n) is 3.83. The standard InChI is InChI=1S/C11H14BrNOS2/c1-8-7-9(16-10(8)12)11(14)13-3-2-5-15-6-4-13/h7H,2-6H2,1H3. The van der Waals surface area contributed by atoms with Gasteiger partial charge in [0.25, 0.3) is 5.91 Å². The molecule has 0 bridgehead atoms. The van der Waals surface area contributed by atoms with E-state index in [9.17, 15) is 4.79 Å². The maximum atomic E-state index is 12.2. The summed E-state index contributed by atoms with van der Waals surface area (Å²) in [6, 6.07) is 1.98. The molecule has 1 aliphatic heterocycles. The molecule has 1 saturated heterocycles. The molecular formula is C11H14BrNOS2. The van der Waals surface area contributed by atoms with Gasteiger partial charge in [-0.2, -0.15) is 11.8 Å². The van der Waals surface area contributed by atoms with E-state index in [1.54, 1.807) is 11.3 Å². The predicted molar refractivity (Wildman–Crippen MR) is 74.6 cm³/mol. The minimum atomic E-state index is 0.196. The highest BCUT2D eigenvalue weighted by atomic mass is 79.9. The van der Waals surface area contributed by atoms with Gasteiger partial charge in [-0.05, 0) is 46.7 Å². The zero-order valence-corrected chi connectivity index (χ0v) is 12.4. The summed E-state index contributed by atoms with van der Waals surface area (Å²) >= 11 is 6.95. The van der Waals surface area contributed by atoms with E-state index in [1.165, 1.54) is 5.75 Å². The molecule has 1 aromatic heterocycles. The van der Waals surface area contributed by atoms with E-state index in [0.717, 1.165) is 39.5 Å². The van der Waals surface area contributed by atoms with Gasteiger partial charge in [-0.3, -0.25) is 4.79 Å². The lowest BCUT2D eigenvalue weighted by Crippen LogP contribution is -2.32. The molecular weight excluding hydrogens is 306 g/mol. The summed E-state index contributed by atoms with van der Waals surface area (Å²) in [6.45, 7) is 3.81. The van der Waals surface area contributed by atoms with Crippen LogP contribution in [0.15, 0.2) is 9.85 Å². The van der Waals surface area contributed by atoms with Crippen molar-refractivity contribution in [2.45, 2.75) is 13.3 Å². The van der Waals surface area contributed by atoms with Crippen molar-refractivity contribution in [2.75, 3.05) is 24.6 Å².